The maximum Gasteiger partial charge on any atom is 0.233 e. The number of halogens is 1. The Morgan fingerprint density at radius 1 is 1.20 bits per heavy atom. The van der Waals surface area contributed by atoms with Gasteiger partial charge in [-0.25, -0.2) is 17.9 Å². The molecule has 166 valence electrons. The molecule has 30 heavy (non-hydrogen) atoms. The van der Waals surface area contributed by atoms with E-state index in [1.54, 1.807) is 23.9 Å². The molecule has 2 aliphatic rings. The van der Waals surface area contributed by atoms with Crippen molar-refractivity contribution < 1.29 is 22.8 Å². The van der Waals surface area contributed by atoms with Crippen LogP contribution in [0, 0.1) is 5.82 Å². The third-order valence-corrected chi connectivity index (χ3v) is 8.59. The SMILES string of the molecule is O=CN(O)C(CCCC1=CCCS1)CS(=O)(=O)N1CCN(c2ccc(F)cc2)CC1. The Morgan fingerprint density at radius 3 is 2.50 bits per heavy atom. The zero-order valence-corrected chi connectivity index (χ0v) is 18.5. The minimum Gasteiger partial charge on any atom is -0.369 e. The van der Waals surface area contributed by atoms with Crippen LogP contribution in [-0.4, -0.2) is 73.1 Å². The molecule has 10 heteroatoms. The van der Waals surface area contributed by atoms with Gasteiger partial charge in [0.2, 0.25) is 16.4 Å². The Morgan fingerprint density at radius 2 is 1.90 bits per heavy atom. The van der Waals surface area contributed by atoms with Crippen LogP contribution in [0.1, 0.15) is 25.7 Å². The first kappa shape index (κ1) is 23.1. The molecule has 7 nitrogen and oxygen atoms in total. The molecule has 1 fully saturated rings. The fraction of sp³-hybridized carbons (Fsp3) is 0.550. The highest BCUT2D eigenvalue weighted by molar-refractivity contribution is 8.03. The number of hydrogen-bond acceptors (Lipinski definition) is 6. The highest BCUT2D eigenvalue weighted by Crippen LogP contribution is 2.29. The summed E-state index contributed by atoms with van der Waals surface area (Å²) in [6.45, 7) is 1.61. The number of thioether (sulfide) groups is 1. The van der Waals surface area contributed by atoms with Crippen LogP contribution in [0.25, 0.3) is 0 Å². The quantitative estimate of drug-likeness (QED) is 0.331. The lowest BCUT2D eigenvalue weighted by Gasteiger charge is -2.36. The third kappa shape index (κ3) is 6.19. The van der Waals surface area contributed by atoms with E-state index in [1.165, 1.54) is 21.3 Å². The highest BCUT2D eigenvalue weighted by Gasteiger charge is 2.31. The average molecular weight is 458 g/mol. The first-order valence-corrected chi connectivity index (χ1v) is 12.7. The molecule has 0 aromatic heterocycles. The summed E-state index contributed by atoms with van der Waals surface area (Å²) in [4.78, 5) is 14.4. The number of amides is 1. The standard InChI is InChI=1S/C20H28FN3O4S2/c21-17-6-8-18(9-7-17)22-10-12-23(13-11-22)30(27,28)15-19(24(26)16-25)3-1-4-20-5-2-14-29-20/h5-9,16,19,26H,1-4,10-15H2. The molecule has 3 rings (SSSR count). The first-order valence-electron chi connectivity index (χ1n) is 10.1. The van der Waals surface area contributed by atoms with Crippen molar-refractivity contribution in [1.29, 1.82) is 0 Å². The molecule has 1 aromatic carbocycles. The van der Waals surface area contributed by atoms with E-state index in [1.807, 2.05) is 4.90 Å². The van der Waals surface area contributed by atoms with Gasteiger partial charge in [0.05, 0.1) is 11.8 Å². The number of carbonyl (C=O) groups is 1. The zero-order valence-electron chi connectivity index (χ0n) is 16.8. The number of anilines is 1. The number of sulfonamides is 1. The summed E-state index contributed by atoms with van der Waals surface area (Å²) in [5.74, 6) is 0.472. The van der Waals surface area contributed by atoms with Crippen LogP contribution in [0.3, 0.4) is 0 Å². The Kier molecular flexibility index (Phi) is 8.15. The monoisotopic (exact) mass is 457 g/mol. The molecule has 1 unspecified atom stereocenters. The van der Waals surface area contributed by atoms with E-state index in [-0.39, 0.29) is 18.0 Å². The van der Waals surface area contributed by atoms with Crippen molar-refractivity contribution in [1.82, 2.24) is 9.37 Å². The van der Waals surface area contributed by atoms with Gasteiger partial charge < -0.3 is 4.90 Å². The molecule has 0 radical (unpaired) electrons. The predicted molar refractivity (Wildman–Crippen MR) is 116 cm³/mol. The van der Waals surface area contributed by atoms with Crippen LogP contribution in [-0.2, 0) is 14.8 Å². The van der Waals surface area contributed by atoms with Crippen LogP contribution >= 0.6 is 11.8 Å². The highest BCUT2D eigenvalue weighted by atomic mass is 32.2. The third-order valence-electron chi connectivity index (χ3n) is 5.45. The van der Waals surface area contributed by atoms with Gasteiger partial charge in [-0.3, -0.25) is 10.0 Å². The molecule has 2 aliphatic heterocycles. The zero-order chi connectivity index (χ0) is 21.6. The normalized spacial score (nSPS) is 18.9. The molecular weight excluding hydrogens is 429 g/mol. The van der Waals surface area contributed by atoms with Crippen LogP contribution in [0.5, 0.6) is 0 Å². The van der Waals surface area contributed by atoms with Crippen LogP contribution < -0.4 is 4.90 Å². The number of carbonyl (C=O) groups excluding carboxylic acids is 1. The van der Waals surface area contributed by atoms with Crippen molar-refractivity contribution in [3.8, 4) is 0 Å². The van der Waals surface area contributed by atoms with Gasteiger partial charge in [-0.1, -0.05) is 6.08 Å². The van der Waals surface area contributed by atoms with E-state index in [2.05, 4.69) is 6.08 Å². The average Bonchev–Trinajstić information content (AvgIpc) is 3.26. The second-order valence-electron chi connectivity index (χ2n) is 7.48. The molecule has 1 saturated heterocycles. The number of benzene rings is 1. The largest absolute Gasteiger partial charge is 0.369 e. The second kappa shape index (κ2) is 10.6. The van der Waals surface area contributed by atoms with Crippen LogP contribution in [0.2, 0.25) is 0 Å². The first-order chi connectivity index (χ1) is 14.4. The lowest BCUT2D eigenvalue weighted by Crippen LogP contribution is -2.51. The van der Waals surface area contributed by atoms with Crippen molar-refractivity contribution in [2.24, 2.45) is 0 Å². The number of allylic oxidation sites excluding steroid dienone is 2. The van der Waals surface area contributed by atoms with E-state index >= 15 is 0 Å². The number of hydroxylamine groups is 2. The van der Waals surface area contributed by atoms with Crippen LogP contribution in [0.4, 0.5) is 10.1 Å². The van der Waals surface area contributed by atoms with Crippen molar-refractivity contribution in [3.05, 3.63) is 41.1 Å². The van der Waals surface area contributed by atoms with E-state index in [0.29, 0.717) is 44.1 Å². The van der Waals surface area contributed by atoms with E-state index in [0.717, 1.165) is 24.3 Å². The fourth-order valence-corrected chi connectivity index (χ4v) is 6.52. The van der Waals surface area contributed by atoms with Gasteiger partial charge in [-0.2, -0.15) is 4.31 Å². The molecule has 1 atom stereocenters. The number of piperazine rings is 1. The summed E-state index contributed by atoms with van der Waals surface area (Å²) < 4.78 is 40.3. The fourth-order valence-electron chi connectivity index (χ4n) is 3.76. The van der Waals surface area contributed by atoms with Crippen LogP contribution in [0.15, 0.2) is 35.2 Å². The van der Waals surface area contributed by atoms with Crippen molar-refractivity contribution in [2.75, 3.05) is 42.6 Å². The summed E-state index contributed by atoms with van der Waals surface area (Å²) >= 11 is 1.81. The summed E-state index contributed by atoms with van der Waals surface area (Å²) in [5.41, 5.74) is 0.855. The molecule has 1 N–H and O–H groups in total. The van der Waals surface area contributed by atoms with Gasteiger partial charge >= 0.3 is 0 Å². The van der Waals surface area contributed by atoms with Gasteiger partial charge in [0.15, 0.2) is 0 Å². The number of rotatable bonds is 10. The van der Waals surface area contributed by atoms with Crippen molar-refractivity contribution in [3.63, 3.8) is 0 Å². The summed E-state index contributed by atoms with van der Waals surface area (Å²) in [6.07, 6.45) is 5.49. The van der Waals surface area contributed by atoms with E-state index in [9.17, 15) is 22.8 Å². The molecule has 1 aromatic rings. The van der Waals surface area contributed by atoms with Gasteiger partial charge in [0.25, 0.3) is 0 Å². The Hall–Kier alpha value is -1.62. The Labute approximate surface area is 181 Å². The molecule has 0 bridgehead atoms. The topological polar surface area (TPSA) is 81.2 Å². The summed E-state index contributed by atoms with van der Waals surface area (Å²) in [5, 5.41) is 10.4. The molecule has 0 aliphatic carbocycles. The Balaban J connectivity index is 1.54. The van der Waals surface area contributed by atoms with E-state index < -0.39 is 16.1 Å². The maximum absolute atomic E-state index is 13.1. The molecular formula is C20H28FN3O4S2. The minimum absolute atomic E-state index is 0.274. The van der Waals surface area contributed by atoms with Crippen molar-refractivity contribution >= 4 is 33.9 Å². The summed E-state index contributed by atoms with van der Waals surface area (Å²) in [7, 11) is -3.63. The minimum atomic E-state index is -3.63. The van der Waals surface area contributed by atoms with Gasteiger partial charge in [-0.05, 0) is 54.9 Å². The predicted octanol–water partition coefficient (Wildman–Crippen LogP) is 2.68. The van der Waals surface area contributed by atoms with Gasteiger partial charge in [-0.15, -0.1) is 11.8 Å². The van der Waals surface area contributed by atoms with Gasteiger partial charge in [0.1, 0.15) is 5.82 Å². The van der Waals surface area contributed by atoms with E-state index in [4.69, 9.17) is 0 Å². The Bertz CT molecular complexity index is 840. The van der Waals surface area contributed by atoms with Crippen molar-refractivity contribution in [2.45, 2.75) is 31.7 Å². The molecule has 1 amide bonds. The number of nitrogens with zero attached hydrogens (tertiary/aromatic N) is 3. The number of hydrogen-bond donors (Lipinski definition) is 1. The lowest BCUT2D eigenvalue weighted by atomic mass is 10.1. The maximum atomic E-state index is 13.1. The molecule has 2 heterocycles. The lowest BCUT2D eigenvalue weighted by molar-refractivity contribution is -0.158. The second-order valence-corrected chi connectivity index (χ2v) is 10.7. The summed E-state index contributed by atoms with van der Waals surface area (Å²) in [6, 6.07) is 5.37. The molecule has 0 saturated carbocycles. The smallest absolute Gasteiger partial charge is 0.233 e. The molecule has 0 spiro atoms. The van der Waals surface area contributed by atoms with Gasteiger partial charge in [0, 0.05) is 37.6 Å².